The number of aliphatic hydroxyl groups is 1. The number of fused-ring (bicyclic) bond motifs is 2. The number of aromatic nitrogens is 3. The second kappa shape index (κ2) is 6.40. The van der Waals surface area contributed by atoms with E-state index in [9.17, 15) is 5.11 Å². The van der Waals surface area contributed by atoms with E-state index in [4.69, 9.17) is 21.1 Å². The van der Waals surface area contributed by atoms with E-state index in [0.29, 0.717) is 22.6 Å². The average Bonchev–Trinajstić information content (AvgIpc) is 3.34. The second-order valence-corrected chi connectivity index (χ2v) is 7.90. The molecule has 2 aliphatic heterocycles. The number of benzene rings is 1. The van der Waals surface area contributed by atoms with Crippen LogP contribution in [0, 0.1) is 11.8 Å². The number of hydrogen-bond acceptors (Lipinski definition) is 6. The van der Waals surface area contributed by atoms with Crippen LogP contribution in [0.2, 0.25) is 5.02 Å². The predicted molar refractivity (Wildman–Crippen MR) is 94.1 cm³/mol. The maximum Gasteiger partial charge on any atom is 0.231 e. The van der Waals surface area contributed by atoms with E-state index in [0.717, 1.165) is 43.8 Å². The molecule has 3 aliphatic rings. The molecule has 0 bridgehead atoms. The minimum atomic E-state index is -0.368. The zero-order valence-corrected chi connectivity index (χ0v) is 15.0. The molecular formula is C18H21ClN4O3. The number of hydrogen-bond donors (Lipinski definition) is 1. The van der Waals surface area contributed by atoms with Gasteiger partial charge in [0.2, 0.25) is 6.79 Å². The summed E-state index contributed by atoms with van der Waals surface area (Å²) >= 11 is 6.43. The van der Waals surface area contributed by atoms with Crippen molar-refractivity contribution in [1.29, 1.82) is 0 Å². The van der Waals surface area contributed by atoms with E-state index in [-0.39, 0.29) is 18.9 Å². The molecule has 1 aromatic heterocycles. The van der Waals surface area contributed by atoms with Gasteiger partial charge in [-0.05, 0) is 36.3 Å². The van der Waals surface area contributed by atoms with E-state index in [1.165, 1.54) is 6.33 Å². The predicted octanol–water partition coefficient (Wildman–Crippen LogP) is 2.10. The van der Waals surface area contributed by atoms with Crippen LogP contribution in [0.4, 0.5) is 0 Å². The van der Waals surface area contributed by atoms with Gasteiger partial charge in [-0.15, -0.1) is 0 Å². The number of ether oxygens (including phenoxy) is 2. The monoisotopic (exact) mass is 376 g/mol. The van der Waals surface area contributed by atoms with E-state index in [1.54, 1.807) is 11.0 Å². The van der Waals surface area contributed by atoms with E-state index < -0.39 is 0 Å². The van der Waals surface area contributed by atoms with Crippen molar-refractivity contribution < 1.29 is 14.6 Å². The van der Waals surface area contributed by atoms with Crippen molar-refractivity contribution >= 4 is 11.6 Å². The summed E-state index contributed by atoms with van der Waals surface area (Å²) < 4.78 is 12.7. The van der Waals surface area contributed by atoms with Crippen molar-refractivity contribution in [1.82, 2.24) is 19.7 Å². The van der Waals surface area contributed by atoms with Gasteiger partial charge in [-0.2, -0.15) is 5.10 Å². The fourth-order valence-corrected chi connectivity index (χ4v) is 4.84. The Balaban J connectivity index is 1.29. The van der Waals surface area contributed by atoms with Gasteiger partial charge in [0.15, 0.2) is 11.5 Å². The zero-order valence-electron chi connectivity index (χ0n) is 14.3. The number of aliphatic hydroxyl groups excluding tert-OH is 1. The molecule has 5 rings (SSSR count). The molecule has 1 N–H and O–H groups in total. The Labute approximate surface area is 156 Å². The summed E-state index contributed by atoms with van der Waals surface area (Å²) in [6.07, 6.45) is 4.60. The quantitative estimate of drug-likeness (QED) is 0.884. The van der Waals surface area contributed by atoms with Crippen LogP contribution in [-0.4, -0.2) is 50.8 Å². The summed E-state index contributed by atoms with van der Waals surface area (Å²) in [5, 5.41) is 15.5. The molecule has 1 saturated heterocycles. The number of halogens is 1. The lowest BCUT2D eigenvalue weighted by atomic mass is 9.77. The zero-order chi connectivity index (χ0) is 17.7. The minimum Gasteiger partial charge on any atom is -0.454 e. The van der Waals surface area contributed by atoms with Gasteiger partial charge in [-0.25, -0.2) is 9.67 Å². The Morgan fingerprint density at radius 2 is 1.92 bits per heavy atom. The van der Waals surface area contributed by atoms with Crippen molar-refractivity contribution in [2.45, 2.75) is 31.5 Å². The number of nitrogens with zero attached hydrogens (tertiary/aromatic N) is 4. The smallest absolute Gasteiger partial charge is 0.231 e. The summed E-state index contributed by atoms with van der Waals surface area (Å²) in [5.41, 5.74) is 1.06. The molecule has 2 fully saturated rings. The molecule has 1 aliphatic carbocycles. The highest BCUT2D eigenvalue weighted by Crippen LogP contribution is 2.42. The molecule has 0 amide bonds. The summed E-state index contributed by atoms with van der Waals surface area (Å²) in [7, 11) is 0. The molecule has 8 heteroatoms. The Hall–Kier alpha value is -1.83. The van der Waals surface area contributed by atoms with Crippen molar-refractivity contribution in [3.8, 4) is 11.5 Å². The van der Waals surface area contributed by atoms with Gasteiger partial charge in [-0.1, -0.05) is 11.6 Å². The molecule has 26 heavy (non-hydrogen) atoms. The van der Waals surface area contributed by atoms with Crippen molar-refractivity contribution in [3.05, 3.63) is 35.4 Å². The van der Waals surface area contributed by atoms with Gasteiger partial charge in [0.05, 0.1) is 12.1 Å². The molecule has 4 atom stereocenters. The van der Waals surface area contributed by atoms with Crippen LogP contribution < -0.4 is 9.47 Å². The van der Waals surface area contributed by atoms with Crippen LogP contribution in [0.1, 0.15) is 24.4 Å². The maximum absolute atomic E-state index is 10.6. The van der Waals surface area contributed by atoms with Crippen LogP contribution >= 0.6 is 11.6 Å². The van der Waals surface area contributed by atoms with Gasteiger partial charge < -0.3 is 14.6 Å². The second-order valence-electron chi connectivity index (χ2n) is 7.49. The summed E-state index contributed by atoms with van der Waals surface area (Å²) in [6, 6.07) is 3.85. The third kappa shape index (κ3) is 2.84. The van der Waals surface area contributed by atoms with Crippen molar-refractivity contribution in [2.24, 2.45) is 11.8 Å². The largest absolute Gasteiger partial charge is 0.454 e. The van der Waals surface area contributed by atoms with Crippen molar-refractivity contribution in [3.63, 3.8) is 0 Å². The van der Waals surface area contributed by atoms with Gasteiger partial charge >= 0.3 is 0 Å². The van der Waals surface area contributed by atoms with Crippen LogP contribution in [0.5, 0.6) is 11.5 Å². The molecule has 2 aromatic rings. The Morgan fingerprint density at radius 3 is 2.69 bits per heavy atom. The number of likely N-dealkylation sites (tertiary alicyclic amines) is 1. The average molecular weight is 377 g/mol. The highest BCUT2D eigenvalue weighted by atomic mass is 35.5. The Morgan fingerprint density at radius 1 is 1.15 bits per heavy atom. The third-order valence-electron chi connectivity index (χ3n) is 5.90. The normalized spacial score (nSPS) is 30.5. The first kappa shape index (κ1) is 16.4. The molecule has 1 saturated carbocycles. The lowest BCUT2D eigenvalue weighted by molar-refractivity contribution is 0.0304. The van der Waals surface area contributed by atoms with E-state index in [1.807, 2.05) is 12.1 Å². The Bertz CT molecular complexity index is 800. The van der Waals surface area contributed by atoms with Crippen molar-refractivity contribution in [2.75, 3.05) is 19.9 Å². The standard InChI is InChI=1S/C18H21ClN4O3/c19-14-4-18-17(25-10-26-18)3-13(14)7-22-5-11-1-15(23-9-20-8-21-23)16(24)2-12(11)6-22/h3-4,8-9,11-12,15-16,24H,1-2,5-7,10H2/t11-,12+,15-,16-/m1/s1. The SMILES string of the molecule is O[C@@H]1C[C@H]2CN(Cc3cc4c(cc3Cl)OCO4)C[C@H]2C[C@H]1n1cncn1. The summed E-state index contributed by atoms with van der Waals surface area (Å²) in [6.45, 7) is 3.03. The van der Waals surface area contributed by atoms with Crippen LogP contribution in [-0.2, 0) is 6.54 Å². The summed E-state index contributed by atoms with van der Waals surface area (Å²) in [4.78, 5) is 6.45. The van der Waals surface area contributed by atoms with Gasteiger partial charge in [0.1, 0.15) is 12.7 Å². The Kier molecular flexibility index (Phi) is 4.03. The first-order chi connectivity index (χ1) is 12.7. The maximum atomic E-state index is 10.6. The third-order valence-corrected chi connectivity index (χ3v) is 6.25. The first-order valence-electron chi connectivity index (χ1n) is 9.00. The minimum absolute atomic E-state index is 0.0211. The van der Waals surface area contributed by atoms with E-state index in [2.05, 4.69) is 15.0 Å². The van der Waals surface area contributed by atoms with Gasteiger partial charge in [-0.3, -0.25) is 4.90 Å². The van der Waals surface area contributed by atoms with E-state index >= 15 is 0 Å². The topological polar surface area (TPSA) is 72.6 Å². The number of rotatable bonds is 3. The lowest BCUT2D eigenvalue weighted by Gasteiger charge is -2.35. The fraction of sp³-hybridized carbons (Fsp3) is 0.556. The first-order valence-corrected chi connectivity index (χ1v) is 9.37. The van der Waals surface area contributed by atoms with Crippen LogP contribution in [0.15, 0.2) is 24.8 Å². The van der Waals surface area contributed by atoms with Gasteiger partial charge in [0.25, 0.3) is 0 Å². The molecule has 0 radical (unpaired) electrons. The molecule has 0 unspecified atom stereocenters. The molecular weight excluding hydrogens is 356 g/mol. The van der Waals surface area contributed by atoms with Crippen LogP contribution in [0.25, 0.3) is 0 Å². The fourth-order valence-electron chi connectivity index (χ4n) is 4.63. The van der Waals surface area contributed by atoms with Gasteiger partial charge in [0, 0.05) is 30.7 Å². The highest BCUT2D eigenvalue weighted by molar-refractivity contribution is 6.31. The molecule has 7 nitrogen and oxygen atoms in total. The molecule has 0 spiro atoms. The summed E-state index contributed by atoms with van der Waals surface area (Å²) in [5.74, 6) is 2.55. The van der Waals surface area contributed by atoms with Crippen LogP contribution in [0.3, 0.4) is 0 Å². The lowest BCUT2D eigenvalue weighted by Crippen LogP contribution is -2.36. The molecule has 3 heterocycles. The molecule has 1 aromatic carbocycles. The highest BCUT2D eigenvalue weighted by Gasteiger charge is 2.42. The molecule has 138 valence electrons.